The third kappa shape index (κ3) is 3.22. The van der Waals surface area contributed by atoms with Crippen molar-refractivity contribution in [2.75, 3.05) is 0 Å². The highest BCUT2D eigenvalue weighted by molar-refractivity contribution is 7.71. The average molecular weight is 300 g/mol. The van der Waals surface area contributed by atoms with Crippen LogP contribution < -0.4 is 0 Å². The molecule has 3 aromatic rings. The summed E-state index contributed by atoms with van der Waals surface area (Å²) in [6, 6.07) is 8.17. The largest absolute Gasteiger partial charge is 0.343 e. The molecule has 2 heterocycles. The van der Waals surface area contributed by atoms with E-state index in [4.69, 9.17) is 12.2 Å². The van der Waals surface area contributed by atoms with E-state index in [-0.39, 0.29) is 5.82 Å². The molecule has 4 nitrogen and oxygen atoms in total. The molecule has 2 aromatic heterocycles. The Morgan fingerprint density at radius 1 is 1.29 bits per heavy atom. The number of benzene rings is 1. The average Bonchev–Trinajstić information content (AvgIpc) is 2.88. The number of hydrogen-bond acceptors (Lipinski definition) is 3. The van der Waals surface area contributed by atoms with Crippen LogP contribution in [0, 0.1) is 10.5 Å². The standard InChI is InChI=1S/C15H13FN4S/c1-20-9-11(8-17-20)13-7-15(21)19-14(18-13)6-10-2-4-12(16)5-3-10/h2-5,7-9H,6H2,1H3,(H,18,19,21). The molecule has 0 bridgehead atoms. The molecule has 3 rings (SSSR count). The Hall–Kier alpha value is -2.34. The molecule has 0 aliphatic heterocycles. The van der Waals surface area contributed by atoms with Gasteiger partial charge < -0.3 is 4.98 Å². The summed E-state index contributed by atoms with van der Waals surface area (Å²) in [6.07, 6.45) is 4.24. The molecule has 0 aliphatic carbocycles. The van der Waals surface area contributed by atoms with Gasteiger partial charge in [0.1, 0.15) is 16.3 Å². The maximum atomic E-state index is 12.9. The second-order valence-electron chi connectivity index (χ2n) is 4.79. The Balaban J connectivity index is 1.94. The lowest BCUT2D eigenvalue weighted by molar-refractivity contribution is 0.627. The van der Waals surface area contributed by atoms with Gasteiger partial charge >= 0.3 is 0 Å². The van der Waals surface area contributed by atoms with E-state index < -0.39 is 0 Å². The molecule has 1 aromatic carbocycles. The van der Waals surface area contributed by atoms with Gasteiger partial charge in [0, 0.05) is 25.2 Å². The summed E-state index contributed by atoms with van der Waals surface area (Å²) in [5.74, 6) is 0.497. The molecule has 0 aliphatic rings. The first-order valence-electron chi connectivity index (χ1n) is 6.44. The third-order valence-corrected chi connectivity index (χ3v) is 3.30. The number of aromatic amines is 1. The number of hydrogen-bond donors (Lipinski definition) is 1. The highest BCUT2D eigenvalue weighted by Crippen LogP contribution is 2.17. The minimum atomic E-state index is -0.247. The molecule has 106 valence electrons. The van der Waals surface area contributed by atoms with Crippen LogP contribution >= 0.6 is 12.2 Å². The molecule has 0 saturated carbocycles. The molecule has 21 heavy (non-hydrogen) atoms. The van der Waals surface area contributed by atoms with E-state index in [0.29, 0.717) is 11.1 Å². The predicted octanol–water partition coefficient (Wildman–Crippen LogP) is 3.27. The number of nitrogens with one attached hydrogen (secondary N) is 1. The van der Waals surface area contributed by atoms with Gasteiger partial charge in [0.05, 0.1) is 11.9 Å². The quantitative estimate of drug-likeness (QED) is 0.755. The molecule has 0 spiro atoms. The highest BCUT2D eigenvalue weighted by Gasteiger charge is 2.05. The molecule has 0 unspecified atom stereocenters. The van der Waals surface area contributed by atoms with Crippen molar-refractivity contribution in [2.45, 2.75) is 6.42 Å². The number of rotatable bonds is 3. The molecular formula is C15H13FN4S. The lowest BCUT2D eigenvalue weighted by atomic mass is 10.1. The van der Waals surface area contributed by atoms with E-state index in [1.165, 1.54) is 12.1 Å². The lowest BCUT2D eigenvalue weighted by Crippen LogP contribution is -1.98. The molecule has 0 fully saturated rings. The normalized spacial score (nSPS) is 10.8. The van der Waals surface area contributed by atoms with Gasteiger partial charge in [-0.3, -0.25) is 4.68 Å². The Morgan fingerprint density at radius 3 is 2.71 bits per heavy atom. The number of aromatic nitrogens is 4. The third-order valence-electron chi connectivity index (χ3n) is 3.09. The summed E-state index contributed by atoms with van der Waals surface area (Å²) >= 11 is 5.21. The van der Waals surface area contributed by atoms with Gasteiger partial charge in [0.25, 0.3) is 0 Å². The van der Waals surface area contributed by atoms with Gasteiger partial charge in [-0.2, -0.15) is 5.10 Å². The topological polar surface area (TPSA) is 46.5 Å². The smallest absolute Gasteiger partial charge is 0.130 e. The maximum Gasteiger partial charge on any atom is 0.130 e. The van der Waals surface area contributed by atoms with Crippen LogP contribution in [0.5, 0.6) is 0 Å². The fourth-order valence-corrected chi connectivity index (χ4v) is 2.33. The zero-order chi connectivity index (χ0) is 14.8. The van der Waals surface area contributed by atoms with E-state index in [1.807, 2.05) is 13.2 Å². The molecule has 0 radical (unpaired) electrons. The summed E-state index contributed by atoms with van der Waals surface area (Å²) < 4.78 is 15.2. The fraction of sp³-hybridized carbons (Fsp3) is 0.133. The highest BCUT2D eigenvalue weighted by atomic mass is 32.1. The van der Waals surface area contributed by atoms with E-state index >= 15 is 0 Å². The number of nitrogens with zero attached hydrogens (tertiary/aromatic N) is 3. The number of aryl methyl sites for hydroxylation is 1. The Bertz CT molecular complexity index is 820. The minimum Gasteiger partial charge on any atom is -0.343 e. The zero-order valence-corrected chi connectivity index (χ0v) is 12.2. The van der Waals surface area contributed by atoms with E-state index in [0.717, 1.165) is 22.6 Å². The molecule has 6 heteroatoms. The van der Waals surface area contributed by atoms with Crippen LogP contribution in [0.2, 0.25) is 0 Å². The SMILES string of the molecule is Cn1cc(-c2cc(=S)nc(Cc3ccc(F)cc3)[nH]2)cn1. The molecule has 0 amide bonds. The molecule has 0 atom stereocenters. The van der Waals surface area contributed by atoms with E-state index in [2.05, 4.69) is 15.1 Å². The summed E-state index contributed by atoms with van der Waals surface area (Å²) in [5, 5.41) is 4.15. The Kier molecular flexibility index (Phi) is 3.62. The lowest BCUT2D eigenvalue weighted by Gasteiger charge is -2.05. The zero-order valence-electron chi connectivity index (χ0n) is 11.4. The van der Waals surface area contributed by atoms with Crippen LogP contribution in [0.4, 0.5) is 4.39 Å². The van der Waals surface area contributed by atoms with Gasteiger partial charge in [-0.15, -0.1) is 0 Å². The summed E-state index contributed by atoms with van der Waals surface area (Å²) in [6.45, 7) is 0. The maximum absolute atomic E-state index is 12.9. The van der Waals surface area contributed by atoms with E-state index in [1.54, 1.807) is 29.1 Å². The van der Waals surface area contributed by atoms with Crippen molar-refractivity contribution in [3.8, 4) is 11.3 Å². The molecule has 1 N–H and O–H groups in total. The van der Waals surface area contributed by atoms with Crippen molar-refractivity contribution < 1.29 is 4.39 Å². The fourth-order valence-electron chi connectivity index (χ4n) is 2.10. The van der Waals surface area contributed by atoms with Crippen molar-refractivity contribution in [3.05, 3.63) is 64.6 Å². The minimum absolute atomic E-state index is 0.247. The second kappa shape index (κ2) is 5.57. The van der Waals surface area contributed by atoms with Crippen LogP contribution in [0.1, 0.15) is 11.4 Å². The van der Waals surface area contributed by atoms with Crippen LogP contribution in [0.15, 0.2) is 42.7 Å². The van der Waals surface area contributed by atoms with E-state index in [9.17, 15) is 4.39 Å². The summed E-state index contributed by atoms with van der Waals surface area (Å²) in [4.78, 5) is 7.58. The van der Waals surface area contributed by atoms with Crippen molar-refractivity contribution >= 4 is 12.2 Å². The molecular weight excluding hydrogens is 287 g/mol. The molecule has 0 saturated heterocycles. The first kappa shape index (κ1) is 13.6. The van der Waals surface area contributed by atoms with Crippen LogP contribution in [-0.2, 0) is 13.5 Å². The summed E-state index contributed by atoms with van der Waals surface area (Å²) in [7, 11) is 1.86. The second-order valence-corrected chi connectivity index (χ2v) is 5.20. The predicted molar refractivity (Wildman–Crippen MR) is 80.8 cm³/mol. The number of H-pyrrole nitrogens is 1. The van der Waals surface area contributed by atoms with Crippen LogP contribution in [-0.4, -0.2) is 19.7 Å². The van der Waals surface area contributed by atoms with Gasteiger partial charge in [-0.25, -0.2) is 9.37 Å². The van der Waals surface area contributed by atoms with Crippen molar-refractivity contribution in [2.24, 2.45) is 7.05 Å². The Labute approximate surface area is 126 Å². The van der Waals surface area contributed by atoms with Crippen LogP contribution in [0.3, 0.4) is 0 Å². The van der Waals surface area contributed by atoms with Crippen molar-refractivity contribution in [1.29, 1.82) is 0 Å². The Morgan fingerprint density at radius 2 is 2.05 bits per heavy atom. The van der Waals surface area contributed by atoms with Gasteiger partial charge in [-0.05, 0) is 23.8 Å². The van der Waals surface area contributed by atoms with Crippen molar-refractivity contribution in [1.82, 2.24) is 19.7 Å². The first-order chi connectivity index (χ1) is 10.1. The van der Waals surface area contributed by atoms with Gasteiger partial charge in [0.15, 0.2) is 0 Å². The van der Waals surface area contributed by atoms with Crippen molar-refractivity contribution in [3.63, 3.8) is 0 Å². The van der Waals surface area contributed by atoms with Crippen LogP contribution in [0.25, 0.3) is 11.3 Å². The monoisotopic (exact) mass is 300 g/mol. The number of halogens is 1. The summed E-state index contributed by atoms with van der Waals surface area (Å²) in [5.41, 5.74) is 2.80. The van der Waals surface area contributed by atoms with Gasteiger partial charge in [0.2, 0.25) is 0 Å². The first-order valence-corrected chi connectivity index (χ1v) is 6.85. The van der Waals surface area contributed by atoms with Gasteiger partial charge in [-0.1, -0.05) is 24.4 Å².